The largest absolute Gasteiger partial charge is 0.497 e. The van der Waals surface area contributed by atoms with Crippen LogP contribution in [0.2, 0.25) is 0 Å². The number of unbranched alkanes of at least 4 members (excludes halogenated alkanes) is 1. The first-order chi connectivity index (χ1) is 15.2. The Labute approximate surface area is 184 Å². The molecule has 0 spiro atoms. The van der Waals surface area contributed by atoms with Crippen molar-refractivity contribution in [3.05, 3.63) is 36.4 Å². The minimum absolute atomic E-state index is 0.391. The molecule has 2 aromatic rings. The molecule has 1 aromatic carbocycles. The molecular formula is C22H35N7O2. The van der Waals surface area contributed by atoms with Crippen LogP contribution >= 0.6 is 0 Å². The van der Waals surface area contributed by atoms with Crippen molar-refractivity contribution in [3.63, 3.8) is 0 Å². The van der Waals surface area contributed by atoms with Gasteiger partial charge in [0, 0.05) is 51.4 Å². The van der Waals surface area contributed by atoms with E-state index in [0.717, 1.165) is 76.0 Å². The Bertz CT molecular complexity index is 788. The second-order valence-corrected chi connectivity index (χ2v) is 7.75. The topological polar surface area (TPSA) is 88.8 Å². The minimum atomic E-state index is 0.391. The number of nitrogens with one attached hydrogen (secondary N) is 2. The van der Waals surface area contributed by atoms with Crippen molar-refractivity contribution in [2.45, 2.75) is 45.3 Å². The average Bonchev–Trinajstić information content (AvgIpc) is 3.45. The number of hydrogen-bond donors (Lipinski definition) is 2. The summed E-state index contributed by atoms with van der Waals surface area (Å²) in [6.45, 7) is 7.60. The van der Waals surface area contributed by atoms with Gasteiger partial charge >= 0.3 is 0 Å². The highest BCUT2D eigenvalue weighted by atomic mass is 16.5. The molecule has 0 bridgehead atoms. The molecule has 9 nitrogen and oxygen atoms in total. The van der Waals surface area contributed by atoms with Crippen LogP contribution < -0.4 is 20.1 Å². The SMILES string of the molecule is CCNC(=NCCCCn1cnnc1)NC1CCN(Cc2cc(OC)cc(OC)c2)C1. The van der Waals surface area contributed by atoms with Crippen molar-refractivity contribution in [1.82, 2.24) is 30.3 Å². The summed E-state index contributed by atoms with van der Waals surface area (Å²) in [5, 5.41) is 14.6. The maximum absolute atomic E-state index is 5.40. The molecule has 1 atom stereocenters. The van der Waals surface area contributed by atoms with Crippen LogP contribution in [0.25, 0.3) is 0 Å². The Hall–Kier alpha value is -2.81. The highest BCUT2D eigenvalue weighted by Crippen LogP contribution is 2.24. The summed E-state index contributed by atoms with van der Waals surface area (Å²) in [7, 11) is 3.37. The van der Waals surface area contributed by atoms with E-state index in [1.807, 2.05) is 10.6 Å². The molecule has 1 aliphatic heterocycles. The van der Waals surface area contributed by atoms with E-state index in [9.17, 15) is 0 Å². The lowest BCUT2D eigenvalue weighted by Crippen LogP contribution is -2.44. The summed E-state index contributed by atoms with van der Waals surface area (Å²) < 4.78 is 12.8. The number of rotatable bonds is 11. The van der Waals surface area contributed by atoms with Crippen LogP contribution in [-0.4, -0.2) is 72.1 Å². The van der Waals surface area contributed by atoms with E-state index < -0.39 is 0 Å². The summed E-state index contributed by atoms with van der Waals surface area (Å²) in [5.41, 5.74) is 1.20. The molecule has 2 heterocycles. The van der Waals surface area contributed by atoms with Crippen molar-refractivity contribution in [2.24, 2.45) is 4.99 Å². The molecule has 0 amide bonds. The quantitative estimate of drug-likeness (QED) is 0.320. The Morgan fingerprint density at radius 3 is 2.55 bits per heavy atom. The minimum Gasteiger partial charge on any atom is -0.497 e. The number of benzene rings is 1. The first-order valence-electron chi connectivity index (χ1n) is 11.0. The van der Waals surface area contributed by atoms with Gasteiger partial charge in [0.1, 0.15) is 24.2 Å². The third-order valence-electron chi connectivity index (χ3n) is 5.34. The summed E-state index contributed by atoms with van der Waals surface area (Å²) in [6, 6.07) is 6.45. The van der Waals surface area contributed by atoms with E-state index in [2.05, 4.69) is 44.8 Å². The molecule has 1 aliphatic rings. The van der Waals surface area contributed by atoms with Crippen molar-refractivity contribution in [1.29, 1.82) is 0 Å². The summed E-state index contributed by atoms with van der Waals surface area (Å²) in [5.74, 6) is 2.56. The van der Waals surface area contributed by atoms with Gasteiger partial charge in [0.2, 0.25) is 0 Å². The smallest absolute Gasteiger partial charge is 0.191 e. The molecule has 1 aromatic heterocycles. The van der Waals surface area contributed by atoms with Crippen LogP contribution in [0.5, 0.6) is 11.5 Å². The second kappa shape index (κ2) is 12.1. The first kappa shape index (κ1) is 22.9. The van der Waals surface area contributed by atoms with Gasteiger partial charge in [0.25, 0.3) is 0 Å². The fraction of sp³-hybridized carbons (Fsp3) is 0.591. The molecule has 0 aliphatic carbocycles. The molecule has 3 rings (SSSR count). The number of hydrogen-bond acceptors (Lipinski definition) is 6. The maximum atomic E-state index is 5.40. The lowest BCUT2D eigenvalue weighted by molar-refractivity contribution is 0.321. The Kier molecular flexibility index (Phi) is 8.96. The molecule has 1 saturated heterocycles. The maximum Gasteiger partial charge on any atom is 0.191 e. The number of aromatic nitrogens is 3. The van der Waals surface area contributed by atoms with Crippen molar-refractivity contribution < 1.29 is 9.47 Å². The molecule has 0 radical (unpaired) electrons. The van der Waals surface area contributed by atoms with Gasteiger partial charge in [-0.05, 0) is 43.9 Å². The standard InChI is InChI=1S/C22H35N7O2/c1-4-23-22(24-8-5-6-9-29-16-25-26-17-29)27-19-7-10-28(15-19)14-18-11-20(30-2)13-21(12-18)31-3/h11-13,16-17,19H,4-10,14-15H2,1-3H3,(H2,23,24,27). The molecule has 1 unspecified atom stereocenters. The normalized spacial score (nSPS) is 17.0. The van der Waals surface area contributed by atoms with Gasteiger partial charge < -0.3 is 24.7 Å². The molecule has 0 saturated carbocycles. The number of aryl methyl sites for hydroxylation is 1. The zero-order chi connectivity index (χ0) is 21.9. The number of nitrogens with zero attached hydrogens (tertiary/aromatic N) is 5. The van der Waals surface area contributed by atoms with E-state index in [0.29, 0.717) is 6.04 Å². The predicted octanol–water partition coefficient (Wildman–Crippen LogP) is 1.91. The van der Waals surface area contributed by atoms with Crippen LogP contribution in [0.15, 0.2) is 35.8 Å². The molecular weight excluding hydrogens is 394 g/mol. The Morgan fingerprint density at radius 2 is 1.87 bits per heavy atom. The van der Waals surface area contributed by atoms with Crippen LogP contribution in [0.1, 0.15) is 31.7 Å². The number of methoxy groups -OCH3 is 2. The lowest BCUT2D eigenvalue weighted by atomic mass is 10.2. The van der Waals surface area contributed by atoms with Crippen molar-refractivity contribution in [2.75, 3.05) is 40.4 Å². The lowest BCUT2D eigenvalue weighted by Gasteiger charge is -2.19. The van der Waals surface area contributed by atoms with E-state index in [1.54, 1.807) is 26.9 Å². The number of likely N-dealkylation sites (tertiary alicyclic amines) is 1. The third kappa shape index (κ3) is 7.43. The van der Waals surface area contributed by atoms with Crippen LogP contribution in [0.3, 0.4) is 0 Å². The van der Waals surface area contributed by atoms with Crippen LogP contribution in [0, 0.1) is 0 Å². The number of aliphatic imine (C=N–C) groups is 1. The third-order valence-corrected chi connectivity index (χ3v) is 5.34. The highest BCUT2D eigenvalue weighted by Gasteiger charge is 2.23. The van der Waals surface area contributed by atoms with Gasteiger partial charge in [-0.2, -0.15) is 0 Å². The van der Waals surface area contributed by atoms with E-state index in [4.69, 9.17) is 14.5 Å². The fourth-order valence-corrected chi connectivity index (χ4v) is 3.76. The Morgan fingerprint density at radius 1 is 1.13 bits per heavy atom. The summed E-state index contributed by atoms with van der Waals surface area (Å²) >= 11 is 0. The van der Waals surface area contributed by atoms with Crippen molar-refractivity contribution in [3.8, 4) is 11.5 Å². The van der Waals surface area contributed by atoms with E-state index in [-0.39, 0.29) is 0 Å². The predicted molar refractivity (Wildman–Crippen MR) is 122 cm³/mol. The summed E-state index contributed by atoms with van der Waals surface area (Å²) in [6.07, 6.45) is 6.69. The molecule has 1 fully saturated rings. The molecule has 31 heavy (non-hydrogen) atoms. The van der Waals surface area contributed by atoms with Crippen LogP contribution in [0.4, 0.5) is 0 Å². The van der Waals surface area contributed by atoms with Crippen molar-refractivity contribution >= 4 is 5.96 Å². The van der Waals surface area contributed by atoms with Gasteiger partial charge in [-0.15, -0.1) is 10.2 Å². The second-order valence-electron chi connectivity index (χ2n) is 7.75. The summed E-state index contributed by atoms with van der Waals surface area (Å²) in [4.78, 5) is 7.21. The highest BCUT2D eigenvalue weighted by molar-refractivity contribution is 5.80. The molecule has 2 N–H and O–H groups in total. The van der Waals surface area contributed by atoms with E-state index >= 15 is 0 Å². The van der Waals surface area contributed by atoms with Gasteiger partial charge in [0.05, 0.1) is 14.2 Å². The Balaban J connectivity index is 1.45. The molecule has 170 valence electrons. The first-order valence-corrected chi connectivity index (χ1v) is 11.0. The average molecular weight is 430 g/mol. The van der Waals surface area contributed by atoms with Gasteiger partial charge in [-0.3, -0.25) is 9.89 Å². The number of ether oxygens (including phenoxy) is 2. The zero-order valence-electron chi connectivity index (χ0n) is 18.9. The fourth-order valence-electron chi connectivity index (χ4n) is 3.76. The van der Waals surface area contributed by atoms with Crippen LogP contribution in [-0.2, 0) is 13.1 Å². The monoisotopic (exact) mass is 429 g/mol. The van der Waals surface area contributed by atoms with Gasteiger partial charge in [-0.1, -0.05) is 0 Å². The van der Waals surface area contributed by atoms with Gasteiger partial charge in [-0.25, -0.2) is 0 Å². The zero-order valence-corrected chi connectivity index (χ0v) is 18.9. The van der Waals surface area contributed by atoms with Gasteiger partial charge in [0.15, 0.2) is 5.96 Å². The van der Waals surface area contributed by atoms with E-state index in [1.165, 1.54) is 5.56 Å². The number of guanidine groups is 1. The molecule has 9 heteroatoms.